The maximum absolute atomic E-state index is 11.5. The molecule has 1 heterocycles. The number of nitrogens with zero attached hydrogens (tertiary/aromatic N) is 2. The van der Waals surface area contributed by atoms with Crippen LogP contribution in [0.4, 0.5) is 0 Å². The van der Waals surface area contributed by atoms with E-state index in [0.29, 0.717) is 25.0 Å². The highest BCUT2D eigenvalue weighted by Crippen LogP contribution is 2.03. The lowest BCUT2D eigenvalue weighted by molar-refractivity contribution is -0.130. The molecule has 5 nitrogen and oxygen atoms in total. The summed E-state index contributed by atoms with van der Waals surface area (Å²) in [6, 6.07) is 0. The Morgan fingerprint density at radius 1 is 1.24 bits per heavy atom. The first kappa shape index (κ1) is 14.4. The lowest BCUT2D eigenvalue weighted by atomic mass is 10.3. The van der Waals surface area contributed by atoms with E-state index in [2.05, 4.69) is 26.1 Å². The Labute approximate surface area is 111 Å². The SMILES string of the molecule is CCCNC(=O)CN1CCN(C(=O)CBr)CC1. The number of hydrogen-bond donors (Lipinski definition) is 1. The molecular formula is C11H20BrN3O2. The van der Waals surface area contributed by atoms with Crippen LogP contribution in [0.15, 0.2) is 0 Å². The third-order valence-electron chi connectivity index (χ3n) is 2.78. The maximum Gasteiger partial charge on any atom is 0.234 e. The summed E-state index contributed by atoms with van der Waals surface area (Å²) in [4.78, 5) is 26.8. The number of halogens is 1. The van der Waals surface area contributed by atoms with Crippen molar-refractivity contribution in [3.63, 3.8) is 0 Å². The molecular weight excluding hydrogens is 286 g/mol. The van der Waals surface area contributed by atoms with Crippen LogP contribution < -0.4 is 5.32 Å². The van der Waals surface area contributed by atoms with Gasteiger partial charge in [0.2, 0.25) is 11.8 Å². The van der Waals surface area contributed by atoms with Crippen molar-refractivity contribution in [1.82, 2.24) is 15.1 Å². The van der Waals surface area contributed by atoms with Gasteiger partial charge in [-0.15, -0.1) is 0 Å². The quantitative estimate of drug-likeness (QED) is 0.731. The third kappa shape index (κ3) is 5.04. The van der Waals surface area contributed by atoms with Crippen molar-refractivity contribution in [2.75, 3.05) is 44.6 Å². The monoisotopic (exact) mass is 305 g/mol. The summed E-state index contributed by atoms with van der Waals surface area (Å²) in [5.41, 5.74) is 0. The normalized spacial score (nSPS) is 16.9. The van der Waals surface area contributed by atoms with Gasteiger partial charge in [-0.05, 0) is 6.42 Å². The number of nitrogens with one attached hydrogen (secondary N) is 1. The van der Waals surface area contributed by atoms with Crippen molar-refractivity contribution in [2.45, 2.75) is 13.3 Å². The first-order valence-corrected chi connectivity index (χ1v) is 7.12. The summed E-state index contributed by atoms with van der Waals surface area (Å²) in [7, 11) is 0. The zero-order valence-electron chi connectivity index (χ0n) is 10.2. The van der Waals surface area contributed by atoms with Crippen LogP contribution >= 0.6 is 15.9 Å². The minimum Gasteiger partial charge on any atom is -0.355 e. The summed E-state index contributed by atoms with van der Waals surface area (Å²) >= 11 is 3.17. The molecule has 0 saturated carbocycles. The molecule has 0 bridgehead atoms. The van der Waals surface area contributed by atoms with Crippen LogP contribution in [0, 0.1) is 0 Å². The van der Waals surface area contributed by atoms with Gasteiger partial charge in [-0.2, -0.15) is 0 Å². The van der Waals surface area contributed by atoms with E-state index in [1.54, 1.807) is 0 Å². The molecule has 1 rings (SSSR count). The Morgan fingerprint density at radius 3 is 2.41 bits per heavy atom. The van der Waals surface area contributed by atoms with Crippen LogP contribution in [0.1, 0.15) is 13.3 Å². The smallest absolute Gasteiger partial charge is 0.234 e. The van der Waals surface area contributed by atoms with Crippen molar-refractivity contribution in [1.29, 1.82) is 0 Å². The second-order valence-electron chi connectivity index (χ2n) is 4.14. The number of amides is 2. The average molecular weight is 306 g/mol. The third-order valence-corrected chi connectivity index (χ3v) is 3.26. The van der Waals surface area contributed by atoms with Crippen LogP contribution in [0.25, 0.3) is 0 Å². The molecule has 0 spiro atoms. The fraction of sp³-hybridized carbons (Fsp3) is 0.818. The lowest BCUT2D eigenvalue weighted by Gasteiger charge is -2.34. The summed E-state index contributed by atoms with van der Waals surface area (Å²) in [5, 5.41) is 3.24. The number of carbonyl (C=O) groups is 2. The molecule has 1 saturated heterocycles. The van der Waals surface area contributed by atoms with Gasteiger partial charge in [-0.1, -0.05) is 22.9 Å². The molecule has 1 aliphatic heterocycles. The Morgan fingerprint density at radius 2 is 1.88 bits per heavy atom. The van der Waals surface area contributed by atoms with Crippen LogP contribution in [0.2, 0.25) is 0 Å². The van der Waals surface area contributed by atoms with E-state index < -0.39 is 0 Å². The molecule has 1 fully saturated rings. The second kappa shape index (κ2) is 7.66. The molecule has 1 aliphatic rings. The van der Waals surface area contributed by atoms with Gasteiger partial charge >= 0.3 is 0 Å². The first-order chi connectivity index (χ1) is 8.17. The number of piperazine rings is 1. The highest BCUT2D eigenvalue weighted by atomic mass is 79.9. The summed E-state index contributed by atoms with van der Waals surface area (Å²) in [5.74, 6) is 0.201. The largest absolute Gasteiger partial charge is 0.355 e. The molecule has 17 heavy (non-hydrogen) atoms. The van der Waals surface area contributed by atoms with Gasteiger partial charge in [-0.3, -0.25) is 14.5 Å². The van der Waals surface area contributed by atoms with E-state index in [1.165, 1.54) is 0 Å². The number of hydrogen-bond acceptors (Lipinski definition) is 3. The maximum atomic E-state index is 11.5. The number of rotatable bonds is 5. The Balaban J connectivity index is 2.23. The van der Waals surface area contributed by atoms with Crippen LogP contribution in [0.5, 0.6) is 0 Å². The fourth-order valence-corrected chi connectivity index (χ4v) is 2.12. The van der Waals surface area contributed by atoms with E-state index in [1.807, 2.05) is 11.8 Å². The molecule has 0 radical (unpaired) electrons. The number of carbonyl (C=O) groups excluding carboxylic acids is 2. The standard InChI is InChI=1S/C11H20BrN3O2/c1-2-3-13-10(16)9-14-4-6-15(7-5-14)11(17)8-12/h2-9H2,1H3,(H,13,16). The van der Waals surface area contributed by atoms with E-state index in [4.69, 9.17) is 0 Å². The van der Waals surface area contributed by atoms with Gasteiger partial charge in [-0.25, -0.2) is 0 Å². The first-order valence-electron chi connectivity index (χ1n) is 6.00. The summed E-state index contributed by atoms with van der Waals surface area (Å²) in [6.07, 6.45) is 0.958. The molecule has 0 atom stereocenters. The molecule has 6 heteroatoms. The molecule has 2 amide bonds. The van der Waals surface area contributed by atoms with Gasteiger partial charge in [0, 0.05) is 32.7 Å². The Hall–Kier alpha value is -0.620. The van der Waals surface area contributed by atoms with Gasteiger partial charge in [0.15, 0.2) is 0 Å². The van der Waals surface area contributed by atoms with E-state index in [0.717, 1.165) is 26.1 Å². The molecule has 1 N–H and O–H groups in total. The van der Waals surface area contributed by atoms with Crippen LogP contribution in [-0.4, -0.2) is 66.2 Å². The van der Waals surface area contributed by atoms with Gasteiger partial charge in [0.25, 0.3) is 0 Å². The van der Waals surface area contributed by atoms with Crippen molar-refractivity contribution < 1.29 is 9.59 Å². The highest BCUT2D eigenvalue weighted by Gasteiger charge is 2.21. The zero-order chi connectivity index (χ0) is 12.7. The second-order valence-corrected chi connectivity index (χ2v) is 4.70. The summed E-state index contributed by atoms with van der Waals surface area (Å²) < 4.78 is 0. The number of alkyl halides is 1. The van der Waals surface area contributed by atoms with Crippen LogP contribution in [-0.2, 0) is 9.59 Å². The minimum absolute atomic E-state index is 0.0760. The van der Waals surface area contributed by atoms with E-state index in [-0.39, 0.29) is 11.8 Å². The fourth-order valence-electron chi connectivity index (χ4n) is 1.76. The highest BCUT2D eigenvalue weighted by molar-refractivity contribution is 9.09. The molecule has 0 unspecified atom stereocenters. The van der Waals surface area contributed by atoms with Gasteiger partial charge < -0.3 is 10.2 Å². The minimum atomic E-state index is 0.0760. The van der Waals surface area contributed by atoms with Crippen molar-refractivity contribution in [2.24, 2.45) is 0 Å². The Bertz CT molecular complexity index is 265. The molecule has 98 valence electrons. The van der Waals surface area contributed by atoms with Crippen molar-refractivity contribution in [3.05, 3.63) is 0 Å². The lowest BCUT2D eigenvalue weighted by Crippen LogP contribution is -2.51. The molecule has 0 aliphatic carbocycles. The van der Waals surface area contributed by atoms with Crippen LogP contribution in [0.3, 0.4) is 0 Å². The van der Waals surface area contributed by atoms with Crippen molar-refractivity contribution >= 4 is 27.7 Å². The van der Waals surface area contributed by atoms with Gasteiger partial charge in [0.05, 0.1) is 11.9 Å². The van der Waals surface area contributed by atoms with E-state index in [9.17, 15) is 9.59 Å². The topological polar surface area (TPSA) is 52.7 Å². The van der Waals surface area contributed by atoms with Gasteiger partial charge in [0.1, 0.15) is 0 Å². The summed E-state index contributed by atoms with van der Waals surface area (Å²) in [6.45, 7) is 6.19. The molecule has 0 aromatic heterocycles. The zero-order valence-corrected chi connectivity index (χ0v) is 11.8. The van der Waals surface area contributed by atoms with Crippen molar-refractivity contribution in [3.8, 4) is 0 Å². The molecule has 0 aromatic carbocycles. The average Bonchev–Trinajstić information content (AvgIpc) is 2.36. The van der Waals surface area contributed by atoms with E-state index >= 15 is 0 Å². The Kier molecular flexibility index (Phi) is 6.50. The molecule has 0 aromatic rings. The predicted molar refractivity (Wildman–Crippen MR) is 70.1 cm³/mol. The predicted octanol–water partition coefficient (Wildman–Crippen LogP) is 0.0517.